The SMILES string of the molecule is COCC(C)NC(N)=NCCOc1c(C)cccc1C. The second-order valence-corrected chi connectivity index (χ2v) is 4.84. The molecule has 0 amide bonds. The topological polar surface area (TPSA) is 68.9 Å². The van der Waals surface area contributed by atoms with Gasteiger partial charge in [-0.15, -0.1) is 0 Å². The number of methoxy groups -OCH3 is 1. The lowest BCUT2D eigenvalue weighted by molar-refractivity contribution is 0.179. The van der Waals surface area contributed by atoms with Crippen LogP contribution in [0.3, 0.4) is 0 Å². The molecule has 0 radical (unpaired) electrons. The smallest absolute Gasteiger partial charge is 0.188 e. The third-order valence-corrected chi connectivity index (χ3v) is 2.84. The van der Waals surface area contributed by atoms with Gasteiger partial charge in [-0.1, -0.05) is 18.2 Å². The summed E-state index contributed by atoms with van der Waals surface area (Å²) in [6.45, 7) is 7.68. The zero-order valence-corrected chi connectivity index (χ0v) is 12.8. The van der Waals surface area contributed by atoms with Crippen LogP contribution in [-0.4, -0.2) is 38.9 Å². The first-order valence-electron chi connectivity index (χ1n) is 6.79. The number of rotatable bonds is 7. The number of hydrogen-bond acceptors (Lipinski definition) is 3. The standard InChI is InChI=1S/C15H25N3O2/c1-11-6-5-7-12(2)14(11)20-9-8-17-15(16)18-13(3)10-19-4/h5-7,13H,8-10H2,1-4H3,(H3,16,17,18). The fraction of sp³-hybridized carbons (Fsp3) is 0.533. The second kappa shape index (κ2) is 8.43. The Bertz CT molecular complexity index is 426. The predicted octanol–water partition coefficient (Wildman–Crippen LogP) is 1.62. The number of aryl methyl sites for hydroxylation is 2. The molecule has 1 atom stereocenters. The summed E-state index contributed by atoms with van der Waals surface area (Å²) < 4.78 is 10.8. The van der Waals surface area contributed by atoms with Crippen molar-refractivity contribution in [1.82, 2.24) is 5.32 Å². The molecule has 1 aromatic carbocycles. The molecule has 1 aromatic rings. The summed E-state index contributed by atoms with van der Waals surface area (Å²) in [6.07, 6.45) is 0. The number of nitrogens with two attached hydrogens (primary N) is 1. The highest BCUT2D eigenvalue weighted by Crippen LogP contribution is 2.21. The van der Waals surface area contributed by atoms with Gasteiger partial charge in [0.2, 0.25) is 0 Å². The molecule has 0 aliphatic heterocycles. The maximum absolute atomic E-state index is 5.77. The van der Waals surface area contributed by atoms with E-state index in [1.54, 1.807) is 7.11 Å². The van der Waals surface area contributed by atoms with Gasteiger partial charge in [-0.05, 0) is 31.9 Å². The van der Waals surface area contributed by atoms with Crippen molar-refractivity contribution in [3.63, 3.8) is 0 Å². The summed E-state index contributed by atoms with van der Waals surface area (Å²) in [7, 11) is 1.66. The summed E-state index contributed by atoms with van der Waals surface area (Å²) in [6, 6.07) is 6.24. The molecule has 20 heavy (non-hydrogen) atoms. The minimum Gasteiger partial charge on any atom is -0.491 e. The molecule has 3 N–H and O–H groups in total. The average molecular weight is 279 g/mol. The third-order valence-electron chi connectivity index (χ3n) is 2.84. The van der Waals surface area contributed by atoms with Gasteiger partial charge in [0.15, 0.2) is 5.96 Å². The molecular formula is C15H25N3O2. The number of nitrogens with zero attached hydrogens (tertiary/aromatic N) is 1. The lowest BCUT2D eigenvalue weighted by atomic mass is 10.1. The van der Waals surface area contributed by atoms with Crippen molar-refractivity contribution in [1.29, 1.82) is 0 Å². The van der Waals surface area contributed by atoms with Crippen LogP contribution in [0.5, 0.6) is 5.75 Å². The minimum atomic E-state index is 0.142. The van der Waals surface area contributed by atoms with Gasteiger partial charge in [-0.3, -0.25) is 0 Å². The Kier molecular flexibility index (Phi) is 6.87. The zero-order chi connectivity index (χ0) is 15.0. The van der Waals surface area contributed by atoms with Crippen LogP contribution in [-0.2, 0) is 4.74 Å². The van der Waals surface area contributed by atoms with Crippen LogP contribution in [0.1, 0.15) is 18.1 Å². The van der Waals surface area contributed by atoms with E-state index in [1.165, 1.54) is 0 Å². The van der Waals surface area contributed by atoms with Gasteiger partial charge in [-0.25, -0.2) is 4.99 Å². The Hall–Kier alpha value is -1.75. The van der Waals surface area contributed by atoms with E-state index in [0.29, 0.717) is 25.7 Å². The van der Waals surface area contributed by atoms with Crippen LogP contribution in [0.4, 0.5) is 0 Å². The van der Waals surface area contributed by atoms with E-state index in [4.69, 9.17) is 15.2 Å². The Morgan fingerprint density at radius 3 is 2.60 bits per heavy atom. The van der Waals surface area contributed by atoms with Crippen LogP contribution in [0.15, 0.2) is 23.2 Å². The van der Waals surface area contributed by atoms with Gasteiger partial charge in [0, 0.05) is 13.2 Å². The lowest BCUT2D eigenvalue weighted by Crippen LogP contribution is -2.40. The van der Waals surface area contributed by atoms with E-state index in [-0.39, 0.29) is 6.04 Å². The molecule has 0 heterocycles. The summed E-state index contributed by atoms with van der Waals surface area (Å²) in [4.78, 5) is 4.22. The molecule has 0 fully saturated rings. The Morgan fingerprint density at radius 2 is 2.00 bits per heavy atom. The van der Waals surface area contributed by atoms with Gasteiger partial charge < -0.3 is 20.5 Å². The number of aliphatic imine (C=N–C) groups is 1. The number of benzene rings is 1. The van der Waals surface area contributed by atoms with E-state index in [0.717, 1.165) is 16.9 Å². The predicted molar refractivity (Wildman–Crippen MR) is 82.4 cm³/mol. The highest BCUT2D eigenvalue weighted by molar-refractivity contribution is 5.78. The lowest BCUT2D eigenvalue weighted by Gasteiger charge is -2.13. The zero-order valence-electron chi connectivity index (χ0n) is 12.8. The molecule has 0 bridgehead atoms. The summed E-state index contributed by atoms with van der Waals surface area (Å²) in [5.41, 5.74) is 8.04. The second-order valence-electron chi connectivity index (χ2n) is 4.84. The first-order valence-corrected chi connectivity index (χ1v) is 6.79. The molecular weight excluding hydrogens is 254 g/mol. The number of nitrogens with one attached hydrogen (secondary N) is 1. The van der Waals surface area contributed by atoms with E-state index in [1.807, 2.05) is 39.0 Å². The Morgan fingerprint density at radius 1 is 1.35 bits per heavy atom. The number of hydrogen-bond donors (Lipinski definition) is 2. The van der Waals surface area contributed by atoms with E-state index < -0.39 is 0 Å². The highest BCUT2D eigenvalue weighted by atomic mass is 16.5. The molecule has 5 nitrogen and oxygen atoms in total. The van der Waals surface area contributed by atoms with Crippen molar-refractivity contribution in [2.24, 2.45) is 10.7 Å². The number of ether oxygens (including phenoxy) is 2. The molecule has 0 saturated carbocycles. The number of guanidine groups is 1. The molecule has 0 spiro atoms. The van der Waals surface area contributed by atoms with Crippen molar-refractivity contribution in [3.8, 4) is 5.75 Å². The van der Waals surface area contributed by atoms with Crippen molar-refractivity contribution in [2.45, 2.75) is 26.8 Å². The van der Waals surface area contributed by atoms with Crippen molar-refractivity contribution in [3.05, 3.63) is 29.3 Å². The van der Waals surface area contributed by atoms with Gasteiger partial charge >= 0.3 is 0 Å². The maximum atomic E-state index is 5.77. The van der Waals surface area contributed by atoms with Crippen LogP contribution in [0, 0.1) is 13.8 Å². The quantitative estimate of drug-likeness (QED) is 0.452. The molecule has 1 unspecified atom stereocenters. The average Bonchev–Trinajstić information content (AvgIpc) is 2.37. The van der Waals surface area contributed by atoms with Gasteiger partial charge in [0.1, 0.15) is 12.4 Å². The molecule has 5 heteroatoms. The third kappa shape index (κ3) is 5.48. The summed E-state index contributed by atoms with van der Waals surface area (Å²) >= 11 is 0. The van der Waals surface area contributed by atoms with Crippen molar-refractivity contribution >= 4 is 5.96 Å². The van der Waals surface area contributed by atoms with Crippen molar-refractivity contribution < 1.29 is 9.47 Å². The van der Waals surface area contributed by atoms with Crippen molar-refractivity contribution in [2.75, 3.05) is 26.9 Å². The van der Waals surface area contributed by atoms with E-state index in [2.05, 4.69) is 10.3 Å². The Balaban J connectivity index is 2.37. The fourth-order valence-electron chi connectivity index (χ4n) is 1.93. The largest absolute Gasteiger partial charge is 0.491 e. The van der Waals surface area contributed by atoms with Crippen LogP contribution in [0.2, 0.25) is 0 Å². The first-order chi connectivity index (χ1) is 9.54. The molecule has 0 aliphatic rings. The van der Waals surface area contributed by atoms with Gasteiger partial charge in [0.05, 0.1) is 13.2 Å². The Labute approximate surface area is 121 Å². The van der Waals surface area contributed by atoms with Gasteiger partial charge in [0.25, 0.3) is 0 Å². The van der Waals surface area contributed by atoms with Crippen LogP contribution < -0.4 is 15.8 Å². The number of para-hydroxylation sites is 1. The maximum Gasteiger partial charge on any atom is 0.188 e. The summed E-state index contributed by atoms with van der Waals surface area (Å²) in [5, 5.41) is 3.05. The van der Waals surface area contributed by atoms with Gasteiger partial charge in [-0.2, -0.15) is 0 Å². The minimum absolute atomic E-state index is 0.142. The summed E-state index contributed by atoms with van der Waals surface area (Å²) in [5.74, 6) is 1.35. The monoisotopic (exact) mass is 279 g/mol. The molecule has 112 valence electrons. The van der Waals surface area contributed by atoms with E-state index in [9.17, 15) is 0 Å². The highest BCUT2D eigenvalue weighted by Gasteiger charge is 2.03. The normalized spacial score (nSPS) is 13.1. The fourth-order valence-corrected chi connectivity index (χ4v) is 1.93. The van der Waals surface area contributed by atoms with Crippen LogP contribution >= 0.6 is 0 Å². The van der Waals surface area contributed by atoms with E-state index >= 15 is 0 Å². The molecule has 0 aliphatic carbocycles. The molecule has 0 aromatic heterocycles. The first kappa shape index (κ1) is 16.3. The molecule has 1 rings (SSSR count). The van der Waals surface area contributed by atoms with Crippen LogP contribution in [0.25, 0.3) is 0 Å². The molecule has 0 saturated heterocycles.